The lowest BCUT2D eigenvalue weighted by molar-refractivity contribution is -0.140. The van der Waals surface area contributed by atoms with Gasteiger partial charge in [0.25, 0.3) is 10.0 Å². The molecular formula is C29H33ClFN3O4S. The first-order valence-corrected chi connectivity index (χ1v) is 14.6. The van der Waals surface area contributed by atoms with Crippen molar-refractivity contribution in [3.05, 3.63) is 95.3 Å². The van der Waals surface area contributed by atoms with Crippen LogP contribution in [0.3, 0.4) is 0 Å². The monoisotopic (exact) mass is 573 g/mol. The highest BCUT2D eigenvalue weighted by Gasteiger charge is 2.34. The number of carbonyl (C=O) groups excluding carboxylic acids is 2. The number of anilines is 1. The number of carbonyl (C=O) groups is 2. The third-order valence-corrected chi connectivity index (χ3v) is 8.42. The van der Waals surface area contributed by atoms with Gasteiger partial charge in [0.1, 0.15) is 18.4 Å². The summed E-state index contributed by atoms with van der Waals surface area (Å²) in [5.74, 6) is -1.45. The maximum absolute atomic E-state index is 13.9. The molecule has 10 heteroatoms. The molecule has 2 atom stereocenters. The van der Waals surface area contributed by atoms with Crippen LogP contribution in [-0.4, -0.2) is 43.8 Å². The number of halogens is 2. The highest BCUT2D eigenvalue weighted by atomic mass is 35.5. The van der Waals surface area contributed by atoms with E-state index < -0.39 is 34.3 Å². The average molecular weight is 574 g/mol. The minimum Gasteiger partial charge on any atom is -0.352 e. The van der Waals surface area contributed by atoms with Gasteiger partial charge in [0.15, 0.2) is 0 Å². The van der Waals surface area contributed by atoms with Crippen LogP contribution >= 0.6 is 11.6 Å². The average Bonchev–Trinajstić information content (AvgIpc) is 2.93. The standard InChI is InChI=1S/C29H33ClFN3O4S/c1-4-21(3)32-29(36)27(5-2)33(19-22-11-13-23(30)14-12-22)28(35)20-34(25-17-15-24(31)16-18-25)39(37,38)26-9-7-6-8-10-26/h6-18,21,27H,4-5,19-20H2,1-3H3,(H,32,36)/t21-,27-/m1/s1. The highest BCUT2D eigenvalue weighted by Crippen LogP contribution is 2.25. The quantitative estimate of drug-likeness (QED) is 0.314. The fourth-order valence-electron chi connectivity index (χ4n) is 4.00. The van der Waals surface area contributed by atoms with E-state index in [-0.39, 0.29) is 29.1 Å². The fourth-order valence-corrected chi connectivity index (χ4v) is 5.56. The van der Waals surface area contributed by atoms with Gasteiger partial charge in [0.2, 0.25) is 11.8 Å². The number of hydrogen-bond acceptors (Lipinski definition) is 4. The van der Waals surface area contributed by atoms with Crippen LogP contribution < -0.4 is 9.62 Å². The van der Waals surface area contributed by atoms with Crippen LogP contribution in [0.25, 0.3) is 0 Å². The van der Waals surface area contributed by atoms with Gasteiger partial charge < -0.3 is 10.2 Å². The second-order valence-electron chi connectivity index (χ2n) is 9.19. The largest absolute Gasteiger partial charge is 0.352 e. The van der Waals surface area contributed by atoms with E-state index in [2.05, 4.69) is 5.32 Å². The van der Waals surface area contributed by atoms with Gasteiger partial charge in [-0.3, -0.25) is 13.9 Å². The molecule has 0 heterocycles. The minimum absolute atomic E-state index is 0.0204. The van der Waals surface area contributed by atoms with Crippen molar-refractivity contribution in [2.45, 2.75) is 57.1 Å². The van der Waals surface area contributed by atoms with Gasteiger partial charge in [0, 0.05) is 17.6 Å². The van der Waals surface area contributed by atoms with Gasteiger partial charge in [-0.05, 0) is 73.9 Å². The maximum atomic E-state index is 13.9. The lowest BCUT2D eigenvalue weighted by Crippen LogP contribution is -2.53. The minimum atomic E-state index is -4.20. The SMILES string of the molecule is CC[C@@H](C)NC(=O)[C@@H](CC)N(Cc1ccc(Cl)cc1)C(=O)CN(c1ccc(F)cc1)S(=O)(=O)c1ccccc1. The molecule has 7 nitrogen and oxygen atoms in total. The summed E-state index contributed by atoms with van der Waals surface area (Å²) in [6.45, 7) is 5.08. The van der Waals surface area contributed by atoms with Gasteiger partial charge in [0.05, 0.1) is 10.6 Å². The predicted octanol–water partition coefficient (Wildman–Crippen LogP) is 5.40. The van der Waals surface area contributed by atoms with Crippen molar-refractivity contribution in [2.24, 2.45) is 0 Å². The van der Waals surface area contributed by atoms with Crippen molar-refractivity contribution < 1.29 is 22.4 Å². The van der Waals surface area contributed by atoms with E-state index in [4.69, 9.17) is 11.6 Å². The molecule has 0 unspecified atom stereocenters. The second-order valence-corrected chi connectivity index (χ2v) is 11.5. The first-order valence-electron chi connectivity index (χ1n) is 12.7. The molecular weight excluding hydrogens is 541 g/mol. The van der Waals surface area contributed by atoms with Gasteiger partial charge in [-0.2, -0.15) is 0 Å². The Morgan fingerprint density at radius 1 is 0.923 bits per heavy atom. The van der Waals surface area contributed by atoms with E-state index in [1.54, 1.807) is 49.4 Å². The van der Waals surface area contributed by atoms with E-state index >= 15 is 0 Å². The Morgan fingerprint density at radius 3 is 2.10 bits per heavy atom. The molecule has 0 aromatic heterocycles. The van der Waals surface area contributed by atoms with E-state index in [0.29, 0.717) is 17.9 Å². The number of nitrogens with one attached hydrogen (secondary N) is 1. The summed E-state index contributed by atoms with van der Waals surface area (Å²) >= 11 is 6.04. The van der Waals surface area contributed by atoms with Crippen LogP contribution in [0, 0.1) is 5.82 Å². The summed E-state index contributed by atoms with van der Waals surface area (Å²) in [6.07, 6.45) is 1.02. The summed E-state index contributed by atoms with van der Waals surface area (Å²) in [5.41, 5.74) is 0.846. The summed E-state index contributed by atoms with van der Waals surface area (Å²) in [4.78, 5) is 28.6. The number of amides is 2. The third kappa shape index (κ3) is 7.80. The molecule has 0 saturated carbocycles. The molecule has 0 fully saturated rings. The molecule has 0 radical (unpaired) electrons. The number of benzene rings is 3. The molecule has 3 rings (SSSR count). The summed E-state index contributed by atoms with van der Waals surface area (Å²) in [6, 6.07) is 18.5. The van der Waals surface area contributed by atoms with E-state index in [0.717, 1.165) is 22.0 Å². The van der Waals surface area contributed by atoms with Crippen LogP contribution in [0.1, 0.15) is 39.2 Å². The first kappa shape index (κ1) is 30.1. The molecule has 2 amide bonds. The Balaban J connectivity index is 2.03. The maximum Gasteiger partial charge on any atom is 0.264 e. The van der Waals surface area contributed by atoms with E-state index in [1.165, 1.54) is 29.2 Å². The van der Waals surface area contributed by atoms with Crippen molar-refractivity contribution in [1.82, 2.24) is 10.2 Å². The zero-order chi connectivity index (χ0) is 28.6. The Labute approximate surface area is 234 Å². The summed E-state index contributed by atoms with van der Waals surface area (Å²) in [7, 11) is -4.20. The Morgan fingerprint density at radius 2 is 1.54 bits per heavy atom. The van der Waals surface area contributed by atoms with Crippen molar-refractivity contribution in [3.63, 3.8) is 0 Å². The van der Waals surface area contributed by atoms with Gasteiger partial charge in [-0.25, -0.2) is 12.8 Å². The van der Waals surface area contributed by atoms with Crippen molar-refractivity contribution in [1.29, 1.82) is 0 Å². The molecule has 0 bridgehead atoms. The zero-order valence-corrected chi connectivity index (χ0v) is 23.8. The van der Waals surface area contributed by atoms with Crippen LogP contribution in [0.15, 0.2) is 83.8 Å². The second kappa shape index (κ2) is 13.6. The predicted molar refractivity (Wildman–Crippen MR) is 151 cm³/mol. The molecule has 0 aliphatic rings. The molecule has 208 valence electrons. The number of rotatable bonds is 12. The van der Waals surface area contributed by atoms with Crippen molar-refractivity contribution >= 4 is 39.1 Å². The molecule has 0 spiro atoms. The van der Waals surface area contributed by atoms with Gasteiger partial charge in [-0.15, -0.1) is 0 Å². The van der Waals surface area contributed by atoms with Crippen molar-refractivity contribution in [2.75, 3.05) is 10.8 Å². The van der Waals surface area contributed by atoms with Gasteiger partial charge >= 0.3 is 0 Å². The smallest absolute Gasteiger partial charge is 0.264 e. The van der Waals surface area contributed by atoms with Crippen molar-refractivity contribution in [3.8, 4) is 0 Å². The summed E-state index contributed by atoms with van der Waals surface area (Å²) < 4.78 is 42.0. The molecule has 0 aliphatic heterocycles. The number of sulfonamides is 1. The fraction of sp³-hybridized carbons (Fsp3) is 0.310. The molecule has 0 aliphatic carbocycles. The molecule has 3 aromatic rings. The van der Waals surface area contributed by atoms with Crippen LogP contribution in [0.2, 0.25) is 5.02 Å². The lowest BCUT2D eigenvalue weighted by atomic mass is 10.1. The van der Waals surface area contributed by atoms with E-state index in [9.17, 15) is 22.4 Å². The molecule has 1 N–H and O–H groups in total. The first-order chi connectivity index (χ1) is 18.6. The Bertz CT molecular complexity index is 1350. The number of hydrogen-bond donors (Lipinski definition) is 1. The highest BCUT2D eigenvalue weighted by molar-refractivity contribution is 7.92. The van der Waals surface area contributed by atoms with Gasteiger partial charge in [-0.1, -0.05) is 55.8 Å². The van der Waals surface area contributed by atoms with Crippen LogP contribution in [0.5, 0.6) is 0 Å². The molecule has 39 heavy (non-hydrogen) atoms. The Hall–Kier alpha value is -3.43. The topological polar surface area (TPSA) is 86.8 Å². The van der Waals surface area contributed by atoms with E-state index in [1.807, 2.05) is 13.8 Å². The third-order valence-electron chi connectivity index (χ3n) is 6.38. The van der Waals surface area contributed by atoms with Crippen LogP contribution in [-0.2, 0) is 26.2 Å². The zero-order valence-electron chi connectivity index (χ0n) is 22.2. The number of nitrogens with zero attached hydrogens (tertiary/aromatic N) is 2. The lowest BCUT2D eigenvalue weighted by Gasteiger charge is -2.33. The normalized spacial score (nSPS) is 12.8. The molecule has 3 aromatic carbocycles. The summed E-state index contributed by atoms with van der Waals surface area (Å²) in [5, 5.41) is 3.45. The molecule has 0 saturated heterocycles. The van der Waals surface area contributed by atoms with Crippen LogP contribution in [0.4, 0.5) is 10.1 Å². The Kier molecular flexibility index (Phi) is 10.5.